The van der Waals surface area contributed by atoms with Crippen molar-refractivity contribution in [3.8, 4) is 0 Å². The number of amides is 1. The van der Waals surface area contributed by atoms with Crippen LogP contribution in [0, 0.1) is 0 Å². The Bertz CT molecular complexity index is 898. The van der Waals surface area contributed by atoms with Gasteiger partial charge >= 0.3 is 0 Å². The Morgan fingerprint density at radius 3 is 2.83 bits per heavy atom. The fraction of sp³-hybridized carbons (Fsp3) is 0.0625. The molecule has 0 aliphatic heterocycles. The highest BCUT2D eigenvalue weighted by atomic mass is 79.9. The van der Waals surface area contributed by atoms with E-state index in [1.54, 1.807) is 18.5 Å². The minimum atomic E-state index is -0.194. The fourth-order valence-electron chi connectivity index (χ4n) is 2.22. The van der Waals surface area contributed by atoms with Crippen LogP contribution in [0.15, 0.2) is 51.8 Å². The van der Waals surface area contributed by atoms with Crippen molar-refractivity contribution in [1.29, 1.82) is 0 Å². The third-order valence-corrected chi connectivity index (χ3v) is 4.43. The number of carbonyl (C=O) groups excluding carboxylic acids is 1. The highest BCUT2D eigenvalue weighted by Gasteiger charge is 2.11. The van der Waals surface area contributed by atoms with Gasteiger partial charge in [0.25, 0.3) is 5.91 Å². The summed E-state index contributed by atoms with van der Waals surface area (Å²) in [6.07, 6.45) is 3.30. The number of benzene rings is 1. The molecule has 0 unspecified atom stereocenters. The molecular weight excluding hydrogens is 424 g/mol. The second kappa shape index (κ2) is 6.64. The van der Waals surface area contributed by atoms with Crippen LogP contribution in [0.4, 0.5) is 5.82 Å². The predicted molar refractivity (Wildman–Crippen MR) is 97.0 cm³/mol. The molecule has 3 rings (SSSR count). The zero-order chi connectivity index (χ0) is 16.4. The Labute approximate surface area is 149 Å². The normalized spacial score (nSPS) is 10.7. The Balaban J connectivity index is 1.78. The number of nitrogens with zero attached hydrogens (tertiary/aromatic N) is 2. The molecule has 5 nitrogen and oxygen atoms in total. The van der Waals surface area contributed by atoms with Crippen molar-refractivity contribution >= 4 is 54.4 Å². The topological polar surface area (TPSA) is 80.9 Å². The van der Waals surface area contributed by atoms with Crippen LogP contribution in [0.3, 0.4) is 0 Å². The first-order chi connectivity index (χ1) is 11.0. The lowest BCUT2D eigenvalue weighted by Crippen LogP contribution is -2.23. The van der Waals surface area contributed by atoms with Gasteiger partial charge in [0.1, 0.15) is 10.4 Å². The maximum atomic E-state index is 12.3. The van der Waals surface area contributed by atoms with Crippen molar-refractivity contribution in [2.75, 3.05) is 5.73 Å². The number of nitrogen functional groups attached to an aromatic ring is 1. The molecule has 0 spiro atoms. The summed E-state index contributed by atoms with van der Waals surface area (Å²) in [5.41, 5.74) is 7.30. The molecule has 1 aromatic carbocycles. The van der Waals surface area contributed by atoms with Gasteiger partial charge in [-0.15, -0.1) is 0 Å². The molecule has 0 aliphatic carbocycles. The highest BCUT2D eigenvalue weighted by Crippen LogP contribution is 2.21. The van der Waals surface area contributed by atoms with E-state index in [9.17, 15) is 4.79 Å². The molecule has 3 aromatic rings. The van der Waals surface area contributed by atoms with Gasteiger partial charge in [0.05, 0.1) is 5.56 Å². The van der Waals surface area contributed by atoms with E-state index >= 15 is 0 Å². The summed E-state index contributed by atoms with van der Waals surface area (Å²) in [6.45, 7) is 0.413. The van der Waals surface area contributed by atoms with Crippen LogP contribution in [0.25, 0.3) is 10.8 Å². The third kappa shape index (κ3) is 3.51. The van der Waals surface area contributed by atoms with Crippen molar-refractivity contribution in [2.24, 2.45) is 0 Å². The molecule has 0 bridgehead atoms. The molecule has 0 saturated heterocycles. The minimum Gasteiger partial charge on any atom is -0.383 e. The molecule has 0 radical (unpaired) electrons. The zero-order valence-corrected chi connectivity index (χ0v) is 15.1. The van der Waals surface area contributed by atoms with E-state index in [4.69, 9.17) is 5.73 Å². The molecule has 2 aromatic heterocycles. The molecule has 0 aliphatic rings. The van der Waals surface area contributed by atoms with E-state index in [-0.39, 0.29) is 5.91 Å². The number of carbonyl (C=O) groups is 1. The van der Waals surface area contributed by atoms with E-state index in [0.717, 1.165) is 20.8 Å². The Kier molecular flexibility index (Phi) is 4.58. The van der Waals surface area contributed by atoms with E-state index in [1.807, 2.05) is 24.3 Å². The fourth-order valence-corrected chi connectivity index (χ4v) is 2.95. The molecule has 0 atom stereocenters. The number of nitrogens with two attached hydrogens (primary N) is 1. The number of hydrogen-bond acceptors (Lipinski definition) is 4. The van der Waals surface area contributed by atoms with Crippen molar-refractivity contribution in [3.05, 3.63) is 62.9 Å². The summed E-state index contributed by atoms with van der Waals surface area (Å²) in [6, 6.07) is 9.44. The third-order valence-electron chi connectivity index (χ3n) is 3.36. The van der Waals surface area contributed by atoms with Gasteiger partial charge in [0, 0.05) is 28.8 Å². The molecule has 3 N–H and O–H groups in total. The summed E-state index contributed by atoms with van der Waals surface area (Å²) in [5, 5.41) is 4.79. The number of aromatic nitrogens is 2. The average molecular weight is 436 g/mol. The first-order valence-corrected chi connectivity index (χ1v) is 8.35. The predicted octanol–water partition coefficient (Wildman–Crippen LogP) is 3.67. The largest absolute Gasteiger partial charge is 0.383 e. The number of halogens is 2. The lowest BCUT2D eigenvalue weighted by Gasteiger charge is -2.08. The molecule has 2 heterocycles. The Morgan fingerprint density at radius 1 is 1.17 bits per heavy atom. The molecule has 0 saturated carbocycles. The van der Waals surface area contributed by atoms with E-state index in [0.29, 0.717) is 22.5 Å². The maximum absolute atomic E-state index is 12.3. The SMILES string of the molecule is Nc1nccc2cc(CNC(=O)c3cc(Br)cnc3Br)ccc12. The van der Waals surface area contributed by atoms with Crippen LogP contribution >= 0.6 is 31.9 Å². The average Bonchev–Trinajstić information content (AvgIpc) is 2.55. The van der Waals surface area contributed by atoms with Crippen LogP contribution < -0.4 is 11.1 Å². The number of anilines is 1. The van der Waals surface area contributed by atoms with Crippen molar-refractivity contribution in [1.82, 2.24) is 15.3 Å². The van der Waals surface area contributed by atoms with Crippen LogP contribution in [0.5, 0.6) is 0 Å². The number of hydrogen-bond donors (Lipinski definition) is 2. The van der Waals surface area contributed by atoms with Gasteiger partial charge < -0.3 is 11.1 Å². The number of nitrogens with one attached hydrogen (secondary N) is 1. The van der Waals surface area contributed by atoms with Crippen molar-refractivity contribution < 1.29 is 4.79 Å². The van der Waals surface area contributed by atoms with Crippen LogP contribution in [0.2, 0.25) is 0 Å². The van der Waals surface area contributed by atoms with Crippen LogP contribution in [-0.2, 0) is 6.54 Å². The summed E-state index contributed by atoms with van der Waals surface area (Å²) >= 11 is 6.60. The second-order valence-corrected chi connectivity index (χ2v) is 6.59. The summed E-state index contributed by atoms with van der Waals surface area (Å²) in [5.74, 6) is 0.308. The molecular formula is C16H12Br2N4O. The molecule has 116 valence electrons. The van der Waals surface area contributed by atoms with Gasteiger partial charge in [0.15, 0.2) is 0 Å². The summed E-state index contributed by atoms with van der Waals surface area (Å²) < 4.78 is 1.26. The van der Waals surface area contributed by atoms with Gasteiger partial charge in [-0.3, -0.25) is 4.79 Å². The molecule has 0 fully saturated rings. The molecule has 7 heteroatoms. The number of fused-ring (bicyclic) bond motifs is 1. The van der Waals surface area contributed by atoms with Gasteiger partial charge in [0.2, 0.25) is 0 Å². The van der Waals surface area contributed by atoms with E-state index < -0.39 is 0 Å². The number of rotatable bonds is 3. The highest BCUT2D eigenvalue weighted by molar-refractivity contribution is 9.11. The van der Waals surface area contributed by atoms with E-state index in [1.165, 1.54) is 0 Å². The van der Waals surface area contributed by atoms with Crippen molar-refractivity contribution in [3.63, 3.8) is 0 Å². The van der Waals surface area contributed by atoms with Gasteiger partial charge in [-0.05, 0) is 61.0 Å². The van der Waals surface area contributed by atoms with Gasteiger partial charge in [-0.2, -0.15) is 0 Å². The first kappa shape index (κ1) is 15.9. The first-order valence-electron chi connectivity index (χ1n) is 6.77. The second-order valence-electron chi connectivity index (χ2n) is 4.93. The standard InChI is InChI=1S/C16H12Br2N4O/c17-11-6-13(14(18)21-8-11)16(23)22-7-9-1-2-12-10(5-9)3-4-20-15(12)19/h1-6,8H,7H2,(H2,19,20)(H,22,23). The lowest BCUT2D eigenvalue weighted by molar-refractivity contribution is 0.0949. The van der Waals surface area contributed by atoms with E-state index in [2.05, 4.69) is 47.1 Å². The van der Waals surface area contributed by atoms with Gasteiger partial charge in [-0.25, -0.2) is 9.97 Å². The lowest BCUT2D eigenvalue weighted by atomic mass is 10.1. The maximum Gasteiger partial charge on any atom is 0.254 e. The molecule has 1 amide bonds. The van der Waals surface area contributed by atoms with Crippen LogP contribution in [-0.4, -0.2) is 15.9 Å². The van der Waals surface area contributed by atoms with Crippen LogP contribution in [0.1, 0.15) is 15.9 Å². The Hall–Kier alpha value is -1.99. The summed E-state index contributed by atoms with van der Waals surface area (Å²) in [7, 11) is 0. The minimum absolute atomic E-state index is 0.194. The Morgan fingerprint density at radius 2 is 2.00 bits per heavy atom. The zero-order valence-electron chi connectivity index (χ0n) is 11.9. The molecule has 23 heavy (non-hydrogen) atoms. The quantitative estimate of drug-likeness (QED) is 0.615. The van der Waals surface area contributed by atoms with Crippen molar-refractivity contribution in [2.45, 2.75) is 6.54 Å². The van der Waals surface area contributed by atoms with Gasteiger partial charge in [-0.1, -0.05) is 12.1 Å². The number of pyridine rings is 2. The monoisotopic (exact) mass is 434 g/mol. The smallest absolute Gasteiger partial charge is 0.254 e. The summed E-state index contributed by atoms with van der Waals surface area (Å²) in [4.78, 5) is 20.4.